The Balaban J connectivity index is 2.47. The van der Waals surface area contributed by atoms with Gasteiger partial charge < -0.3 is 10.5 Å². The fourth-order valence-corrected chi connectivity index (χ4v) is 2.00. The predicted molar refractivity (Wildman–Crippen MR) is 67.0 cm³/mol. The highest BCUT2D eigenvalue weighted by Gasteiger charge is 2.33. The van der Waals surface area contributed by atoms with Crippen LogP contribution in [-0.4, -0.2) is 13.1 Å². The summed E-state index contributed by atoms with van der Waals surface area (Å²) in [6, 6.07) is 7.82. The molecule has 1 aromatic rings. The molecule has 0 aliphatic heterocycles. The van der Waals surface area contributed by atoms with Crippen LogP contribution in [0.5, 0.6) is 0 Å². The predicted octanol–water partition coefficient (Wildman–Crippen LogP) is 2.25. The van der Waals surface area contributed by atoms with Crippen LogP contribution in [0, 0.1) is 12.8 Å². The first-order chi connectivity index (χ1) is 8.15. The maximum Gasteiger partial charge on any atom is 0.336 e. The average molecular weight is 231 g/mol. The van der Waals surface area contributed by atoms with Gasteiger partial charge in [-0.15, -0.1) is 0 Å². The summed E-state index contributed by atoms with van der Waals surface area (Å²) < 4.78 is 4.82. The van der Waals surface area contributed by atoms with Gasteiger partial charge in [-0.1, -0.05) is 24.3 Å². The molecule has 0 saturated heterocycles. The number of ether oxygens (including phenoxy) is 1. The summed E-state index contributed by atoms with van der Waals surface area (Å²) in [5.41, 5.74) is 9.35. The Morgan fingerprint density at radius 2 is 2.00 bits per heavy atom. The molecule has 3 nitrogen and oxygen atoms in total. The highest BCUT2D eigenvalue weighted by molar-refractivity contribution is 5.98. The molecular weight excluding hydrogens is 214 g/mol. The van der Waals surface area contributed by atoms with Crippen LogP contribution in [0.1, 0.15) is 24.0 Å². The molecule has 1 fully saturated rings. The van der Waals surface area contributed by atoms with Gasteiger partial charge in [0.15, 0.2) is 0 Å². The first kappa shape index (κ1) is 11.7. The van der Waals surface area contributed by atoms with Crippen molar-refractivity contribution in [2.45, 2.75) is 19.8 Å². The van der Waals surface area contributed by atoms with E-state index in [4.69, 9.17) is 10.5 Å². The number of benzene rings is 1. The van der Waals surface area contributed by atoms with Gasteiger partial charge >= 0.3 is 5.97 Å². The second kappa shape index (κ2) is 4.62. The molecule has 0 bridgehead atoms. The van der Waals surface area contributed by atoms with E-state index >= 15 is 0 Å². The van der Waals surface area contributed by atoms with Crippen molar-refractivity contribution in [1.82, 2.24) is 0 Å². The van der Waals surface area contributed by atoms with Crippen LogP contribution in [-0.2, 0) is 9.53 Å². The molecule has 2 N–H and O–H groups in total. The molecule has 0 radical (unpaired) electrons. The van der Waals surface area contributed by atoms with Crippen LogP contribution in [0.4, 0.5) is 0 Å². The minimum atomic E-state index is -0.298. The van der Waals surface area contributed by atoms with Gasteiger partial charge in [0.1, 0.15) is 0 Å². The van der Waals surface area contributed by atoms with E-state index in [0.29, 0.717) is 11.3 Å². The van der Waals surface area contributed by atoms with E-state index < -0.39 is 0 Å². The van der Waals surface area contributed by atoms with Gasteiger partial charge in [-0.05, 0) is 31.2 Å². The monoisotopic (exact) mass is 231 g/mol. The number of methoxy groups -OCH3 is 1. The summed E-state index contributed by atoms with van der Waals surface area (Å²) in [5.74, 6) is -0.0182. The number of carbonyl (C=O) groups excluding carboxylic acids is 1. The minimum absolute atomic E-state index is 0.280. The van der Waals surface area contributed by atoms with Crippen LogP contribution in [0.25, 0.3) is 5.70 Å². The van der Waals surface area contributed by atoms with Crippen molar-refractivity contribution in [1.29, 1.82) is 0 Å². The van der Waals surface area contributed by atoms with E-state index in [-0.39, 0.29) is 11.9 Å². The summed E-state index contributed by atoms with van der Waals surface area (Å²) in [6.07, 6.45) is 2.05. The summed E-state index contributed by atoms with van der Waals surface area (Å²) in [5, 5.41) is 0. The lowest BCUT2D eigenvalue weighted by molar-refractivity contribution is -0.136. The van der Waals surface area contributed by atoms with Gasteiger partial charge in [0.2, 0.25) is 0 Å². The highest BCUT2D eigenvalue weighted by Crippen LogP contribution is 2.39. The molecule has 0 atom stereocenters. The number of esters is 1. The summed E-state index contributed by atoms with van der Waals surface area (Å²) in [6.45, 7) is 1.99. The van der Waals surface area contributed by atoms with Gasteiger partial charge in [0.05, 0.1) is 12.7 Å². The van der Waals surface area contributed by atoms with Crippen LogP contribution >= 0.6 is 0 Å². The third-order valence-corrected chi connectivity index (χ3v) is 3.12. The van der Waals surface area contributed by atoms with E-state index in [9.17, 15) is 4.79 Å². The fraction of sp³-hybridized carbons (Fsp3) is 0.357. The lowest BCUT2D eigenvalue weighted by atomic mass is 9.99. The van der Waals surface area contributed by atoms with Crippen molar-refractivity contribution >= 4 is 11.7 Å². The second-order valence-electron chi connectivity index (χ2n) is 4.41. The molecule has 90 valence electrons. The Hall–Kier alpha value is -1.77. The van der Waals surface area contributed by atoms with E-state index in [0.717, 1.165) is 24.0 Å². The molecule has 3 heteroatoms. The Labute approximate surface area is 101 Å². The molecule has 2 rings (SSSR count). The fourth-order valence-electron chi connectivity index (χ4n) is 2.00. The van der Waals surface area contributed by atoms with E-state index in [1.807, 2.05) is 31.2 Å². The first-order valence-corrected chi connectivity index (χ1v) is 5.79. The molecular formula is C14H17NO2. The van der Waals surface area contributed by atoms with Crippen molar-refractivity contribution in [3.8, 4) is 0 Å². The summed E-state index contributed by atoms with van der Waals surface area (Å²) >= 11 is 0. The molecule has 17 heavy (non-hydrogen) atoms. The van der Waals surface area contributed by atoms with Gasteiger partial charge in [-0.2, -0.15) is 0 Å². The minimum Gasteiger partial charge on any atom is -0.466 e. The Bertz CT molecular complexity index is 473. The smallest absolute Gasteiger partial charge is 0.336 e. The normalized spacial score (nSPS) is 16.4. The number of hydrogen-bond acceptors (Lipinski definition) is 3. The maximum absolute atomic E-state index is 11.8. The van der Waals surface area contributed by atoms with Gasteiger partial charge in [-0.25, -0.2) is 4.79 Å². The molecule has 1 aromatic carbocycles. The van der Waals surface area contributed by atoms with E-state index in [1.165, 1.54) is 7.11 Å². The largest absolute Gasteiger partial charge is 0.466 e. The van der Waals surface area contributed by atoms with Crippen molar-refractivity contribution in [2.75, 3.05) is 7.11 Å². The number of nitrogens with two attached hydrogens (primary N) is 1. The lowest BCUT2D eigenvalue weighted by Gasteiger charge is -2.11. The van der Waals surface area contributed by atoms with E-state index in [1.54, 1.807) is 0 Å². The Morgan fingerprint density at radius 3 is 2.53 bits per heavy atom. The number of rotatable bonds is 3. The van der Waals surface area contributed by atoms with Crippen molar-refractivity contribution in [3.05, 3.63) is 41.0 Å². The first-order valence-electron chi connectivity index (χ1n) is 5.79. The van der Waals surface area contributed by atoms with Gasteiger partial charge in [-0.3, -0.25) is 0 Å². The molecule has 0 unspecified atom stereocenters. The SMILES string of the molecule is COC(=O)/C(=C(\N)c1ccccc1C)C1CC1. The molecule has 1 saturated carbocycles. The van der Waals surface area contributed by atoms with Crippen LogP contribution in [0.2, 0.25) is 0 Å². The van der Waals surface area contributed by atoms with Crippen molar-refractivity contribution < 1.29 is 9.53 Å². The molecule has 1 aliphatic carbocycles. The topological polar surface area (TPSA) is 52.3 Å². The zero-order valence-corrected chi connectivity index (χ0v) is 10.2. The van der Waals surface area contributed by atoms with Crippen molar-refractivity contribution in [3.63, 3.8) is 0 Å². The summed E-state index contributed by atoms with van der Waals surface area (Å²) in [4.78, 5) is 11.8. The quantitative estimate of drug-likeness (QED) is 0.641. The molecule has 0 spiro atoms. The average Bonchev–Trinajstić information content (AvgIpc) is 3.14. The van der Waals surface area contributed by atoms with E-state index in [2.05, 4.69) is 0 Å². The van der Waals surface area contributed by atoms with Crippen LogP contribution in [0.15, 0.2) is 29.8 Å². The standard InChI is InChI=1S/C14H17NO2/c1-9-5-3-4-6-11(9)13(15)12(10-7-8-10)14(16)17-2/h3-6,10H,7-8,15H2,1-2H3/b13-12-. The number of aryl methyl sites for hydroxylation is 1. The van der Waals surface area contributed by atoms with Crippen LogP contribution < -0.4 is 5.73 Å². The number of hydrogen-bond donors (Lipinski definition) is 1. The maximum atomic E-state index is 11.8. The molecule has 1 aliphatic rings. The Kier molecular flexibility index (Phi) is 3.18. The van der Waals surface area contributed by atoms with Gasteiger partial charge in [0, 0.05) is 11.3 Å². The zero-order valence-electron chi connectivity index (χ0n) is 10.2. The van der Waals surface area contributed by atoms with Crippen molar-refractivity contribution in [2.24, 2.45) is 11.7 Å². The molecule has 0 amide bonds. The van der Waals surface area contributed by atoms with Crippen LogP contribution in [0.3, 0.4) is 0 Å². The summed E-state index contributed by atoms with van der Waals surface area (Å²) in [7, 11) is 1.40. The second-order valence-corrected chi connectivity index (χ2v) is 4.41. The molecule has 0 heterocycles. The third kappa shape index (κ3) is 2.33. The highest BCUT2D eigenvalue weighted by atomic mass is 16.5. The zero-order chi connectivity index (χ0) is 12.4. The Morgan fingerprint density at radius 1 is 1.35 bits per heavy atom. The number of carbonyl (C=O) groups is 1. The molecule has 0 aromatic heterocycles. The lowest BCUT2D eigenvalue weighted by Crippen LogP contribution is -2.14. The third-order valence-electron chi connectivity index (χ3n) is 3.12. The van der Waals surface area contributed by atoms with Gasteiger partial charge in [0.25, 0.3) is 0 Å².